The Hall–Kier alpha value is -1.88. The zero-order valence-electron chi connectivity index (χ0n) is 11.0. The molecule has 0 fully saturated rings. The predicted molar refractivity (Wildman–Crippen MR) is 74.6 cm³/mol. The molecule has 0 aliphatic heterocycles. The van der Waals surface area contributed by atoms with Gasteiger partial charge in [-0.25, -0.2) is 0 Å². The zero-order chi connectivity index (χ0) is 14.0. The highest BCUT2D eigenvalue weighted by Crippen LogP contribution is 2.26. The van der Waals surface area contributed by atoms with E-state index in [1.165, 1.54) is 5.56 Å². The van der Waals surface area contributed by atoms with Crippen molar-refractivity contribution in [3.8, 4) is 11.8 Å². The topological polar surface area (TPSA) is 73.9 Å². The minimum atomic E-state index is 0.0121. The fraction of sp³-hybridized carbons (Fsp3) is 0.308. The first-order chi connectivity index (χ1) is 8.95. The third-order valence-corrected chi connectivity index (χ3v) is 2.85. The lowest BCUT2D eigenvalue weighted by Crippen LogP contribution is -2.01. The molecule has 19 heavy (non-hydrogen) atoms. The number of anilines is 1. The lowest BCUT2D eigenvalue weighted by molar-refractivity contribution is 0.440. The van der Waals surface area contributed by atoms with Gasteiger partial charge in [0.25, 0.3) is 0 Å². The number of halogens is 1. The number of hydrogen-bond acceptors (Lipinski definition) is 5. The average Bonchev–Trinajstić information content (AvgIpc) is 2.26. The molecule has 0 aliphatic rings. The Labute approximate surface area is 116 Å². The zero-order valence-corrected chi connectivity index (χ0v) is 11.8. The van der Waals surface area contributed by atoms with Gasteiger partial charge in [0.2, 0.25) is 11.2 Å². The van der Waals surface area contributed by atoms with Crippen LogP contribution in [0.5, 0.6) is 11.8 Å². The summed E-state index contributed by atoms with van der Waals surface area (Å²) in [6.45, 7) is 6.33. The number of ether oxygens (including phenoxy) is 1. The van der Waals surface area contributed by atoms with Crippen LogP contribution >= 0.6 is 11.6 Å². The number of rotatable bonds is 3. The Bertz CT molecular complexity index is 581. The van der Waals surface area contributed by atoms with E-state index < -0.39 is 0 Å². The first-order valence-corrected chi connectivity index (χ1v) is 6.29. The van der Waals surface area contributed by atoms with Crippen molar-refractivity contribution in [3.05, 3.63) is 34.6 Å². The fourth-order valence-corrected chi connectivity index (χ4v) is 2.02. The SMILES string of the molecule is Cc1cc(Oc2nc(N)nc(Cl)n2)ccc1C(C)C. The normalized spacial score (nSPS) is 10.8. The first-order valence-electron chi connectivity index (χ1n) is 5.91. The van der Waals surface area contributed by atoms with Crippen molar-refractivity contribution in [2.75, 3.05) is 5.73 Å². The number of hydrogen-bond donors (Lipinski definition) is 1. The van der Waals surface area contributed by atoms with Crippen LogP contribution in [0.4, 0.5) is 5.95 Å². The van der Waals surface area contributed by atoms with Crippen LogP contribution in [0.3, 0.4) is 0 Å². The molecule has 5 nitrogen and oxygen atoms in total. The van der Waals surface area contributed by atoms with E-state index >= 15 is 0 Å². The Morgan fingerprint density at radius 3 is 2.53 bits per heavy atom. The van der Waals surface area contributed by atoms with Gasteiger partial charge in [-0.1, -0.05) is 19.9 Å². The van der Waals surface area contributed by atoms with Crippen molar-refractivity contribution in [1.82, 2.24) is 15.0 Å². The molecule has 0 unspecified atom stereocenters. The maximum Gasteiger partial charge on any atom is 0.328 e. The van der Waals surface area contributed by atoms with E-state index in [9.17, 15) is 0 Å². The van der Waals surface area contributed by atoms with Crippen LogP contribution in [0.15, 0.2) is 18.2 Å². The van der Waals surface area contributed by atoms with Gasteiger partial charge in [-0.3, -0.25) is 0 Å². The van der Waals surface area contributed by atoms with Crippen LogP contribution in [0.2, 0.25) is 5.28 Å². The number of nitrogens with zero attached hydrogens (tertiary/aromatic N) is 3. The molecule has 1 heterocycles. The van der Waals surface area contributed by atoms with Gasteiger partial charge >= 0.3 is 6.01 Å². The molecule has 0 amide bonds. The summed E-state index contributed by atoms with van der Waals surface area (Å²) >= 11 is 5.69. The van der Waals surface area contributed by atoms with Gasteiger partial charge in [0.15, 0.2) is 0 Å². The summed E-state index contributed by atoms with van der Waals surface area (Å²) in [5.41, 5.74) is 7.91. The van der Waals surface area contributed by atoms with Crippen molar-refractivity contribution in [3.63, 3.8) is 0 Å². The highest BCUT2D eigenvalue weighted by atomic mass is 35.5. The Balaban J connectivity index is 2.26. The number of benzene rings is 1. The summed E-state index contributed by atoms with van der Waals surface area (Å²) in [5.74, 6) is 1.14. The summed E-state index contributed by atoms with van der Waals surface area (Å²) in [6, 6.07) is 5.93. The summed E-state index contributed by atoms with van der Waals surface area (Å²) in [7, 11) is 0. The summed E-state index contributed by atoms with van der Waals surface area (Å²) in [6.07, 6.45) is 0. The molecule has 1 aromatic heterocycles. The van der Waals surface area contributed by atoms with Crippen LogP contribution in [0.1, 0.15) is 30.9 Å². The highest BCUT2D eigenvalue weighted by Gasteiger charge is 2.08. The van der Waals surface area contributed by atoms with Crippen molar-refractivity contribution in [2.45, 2.75) is 26.7 Å². The standard InChI is InChI=1S/C13H15ClN4O/c1-7(2)10-5-4-9(6-8(10)3)19-13-17-11(14)16-12(15)18-13/h4-7H,1-3H3,(H2,15,16,17,18). The smallest absolute Gasteiger partial charge is 0.328 e. The molecule has 2 rings (SSSR count). The first kappa shape index (κ1) is 13.5. The van der Waals surface area contributed by atoms with E-state index in [0.717, 1.165) is 5.56 Å². The lowest BCUT2D eigenvalue weighted by Gasteiger charge is -2.11. The molecule has 0 bridgehead atoms. The van der Waals surface area contributed by atoms with Gasteiger partial charge in [-0.2, -0.15) is 15.0 Å². The summed E-state index contributed by atoms with van der Waals surface area (Å²) in [4.78, 5) is 11.4. The molecule has 1 aromatic carbocycles. The molecule has 0 atom stereocenters. The Kier molecular flexibility index (Phi) is 3.85. The minimum Gasteiger partial charge on any atom is -0.424 e. The van der Waals surface area contributed by atoms with Gasteiger partial charge in [-0.15, -0.1) is 0 Å². The predicted octanol–water partition coefficient (Wildman–Crippen LogP) is 3.33. The number of nitrogens with two attached hydrogens (primary N) is 1. The molecule has 0 aliphatic carbocycles. The quantitative estimate of drug-likeness (QED) is 0.932. The molecule has 0 spiro atoms. The van der Waals surface area contributed by atoms with Crippen molar-refractivity contribution >= 4 is 17.5 Å². The fourth-order valence-electron chi connectivity index (χ4n) is 1.86. The second-order valence-corrected chi connectivity index (χ2v) is 4.86. The van der Waals surface area contributed by atoms with E-state index in [0.29, 0.717) is 11.7 Å². The summed E-state index contributed by atoms with van der Waals surface area (Å²) in [5, 5.41) is 0.0121. The van der Waals surface area contributed by atoms with E-state index in [1.807, 2.05) is 25.1 Å². The van der Waals surface area contributed by atoms with Gasteiger partial charge in [-0.05, 0) is 47.7 Å². The second-order valence-electron chi connectivity index (χ2n) is 4.52. The van der Waals surface area contributed by atoms with E-state index in [2.05, 4.69) is 28.8 Å². The van der Waals surface area contributed by atoms with Crippen LogP contribution in [0.25, 0.3) is 0 Å². The molecular formula is C13H15ClN4O. The maximum atomic E-state index is 5.69. The highest BCUT2D eigenvalue weighted by molar-refractivity contribution is 6.28. The monoisotopic (exact) mass is 278 g/mol. The van der Waals surface area contributed by atoms with Crippen molar-refractivity contribution in [1.29, 1.82) is 0 Å². The van der Waals surface area contributed by atoms with Gasteiger partial charge < -0.3 is 10.5 Å². The van der Waals surface area contributed by atoms with Crippen LogP contribution in [-0.2, 0) is 0 Å². The van der Waals surface area contributed by atoms with Crippen LogP contribution in [0, 0.1) is 6.92 Å². The summed E-state index contributed by atoms with van der Waals surface area (Å²) < 4.78 is 5.53. The molecule has 6 heteroatoms. The van der Waals surface area contributed by atoms with Crippen LogP contribution in [-0.4, -0.2) is 15.0 Å². The molecule has 0 saturated carbocycles. The Morgan fingerprint density at radius 2 is 1.95 bits per heavy atom. The van der Waals surface area contributed by atoms with E-state index in [4.69, 9.17) is 22.1 Å². The largest absolute Gasteiger partial charge is 0.424 e. The van der Waals surface area contributed by atoms with Gasteiger partial charge in [0.05, 0.1) is 0 Å². The molecule has 0 saturated heterocycles. The van der Waals surface area contributed by atoms with E-state index in [-0.39, 0.29) is 17.2 Å². The third-order valence-electron chi connectivity index (χ3n) is 2.68. The number of nitrogen functional groups attached to an aromatic ring is 1. The third kappa shape index (κ3) is 3.32. The Morgan fingerprint density at radius 1 is 1.21 bits per heavy atom. The molecular weight excluding hydrogens is 264 g/mol. The molecule has 100 valence electrons. The van der Waals surface area contributed by atoms with Crippen LogP contribution < -0.4 is 10.5 Å². The van der Waals surface area contributed by atoms with Gasteiger partial charge in [0.1, 0.15) is 5.75 Å². The van der Waals surface area contributed by atoms with Crippen molar-refractivity contribution < 1.29 is 4.74 Å². The second kappa shape index (κ2) is 5.40. The molecule has 0 radical (unpaired) electrons. The number of aryl methyl sites for hydroxylation is 1. The van der Waals surface area contributed by atoms with Gasteiger partial charge in [0, 0.05) is 0 Å². The molecule has 2 N–H and O–H groups in total. The maximum absolute atomic E-state index is 5.69. The molecule has 2 aromatic rings. The van der Waals surface area contributed by atoms with E-state index in [1.54, 1.807) is 0 Å². The number of aromatic nitrogens is 3. The minimum absolute atomic E-state index is 0.0121. The lowest BCUT2D eigenvalue weighted by atomic mass is 9.98. The van der Waals surface area contributed by atoms with Crippen molar-refractivity contribution in [2.24, 2.45) is 0 Å². The average molecular weight is 279 g/mol.